The Bertz CT molecular complexity index is 459. The zero-order valence-electron chi connectivity index (χ0n) is 9.13. The second-order valence-corrected chi connectivity index (χ2v) is 5.77. The van der Waals surface area contributed by atoms with Gasteiger partial charge in [-0.15, -0.1) is 0 Å². The van der Waals surface area contributed by atoms with E-state index in [0.29, 0.717) is 0 Å². The normalized spacial score (nSPS) is 18.4. The van der Waals surface area contributed by atoms with Crippen LogP contribution in [0.1, 0.15) is 18.1 Å². The van der Waals surface area contributed by atoms with E-state index in [1.807, 2.05) is 19.1 Å². The van der Waals surface area contributed by atoms with Crippen molar-refractivity contribution in [3.63, 3.8) is 0 Å². The summed E-state index contributed by atoms with van der Waals surface area (Å²) in [6, 6.07) is 7.90. The fraction of sp³-hybridized carbons (Fsp3) is 0.455. The standard InChI is InChI=1S/C11H15NO3S/c1-9(8-16(13,14)15)12-6-10-4-2-3-5-11(10)7-12/h2-5,9H,6-8H2,1H3,(H,13,14,15). The summed E-state index contributed by atoms with van der Waals surface area (Å²) in [4.78, 5) is 2.05. The molecule has 1 aliphatic rings. The largest absolute Gasteiger partial charge is 0.291 e. The minimum Gasteiger partial charge on any atom is -0.291 e. The Kier molecular flexibility index (Phi) is 3.01. The quantitative estimate of drug-likeness (QED) is 0.810. The molecule has 1 aromatic carbocycles. The summed E-state index contributed by atoms with van der Waals surface area (Å²) >= 11 is 0. The molecule has 0 spiro atoms. The third-order valence-electron chi connectivity index (χ3n) is 2.94. The van der Waals surface area contributed by atoms with Crippen LogP contribution < -0.4 is 0 Å². The van der Waals surface area contributed by atoms with Crippen LogP contribution in [0.2, 0.25) is 0 Å². The lowest BCUT2D eigenvalue weighted by atomic mass is 10.1. The van der Waals surface area contributed by atoms with E-state index in [0.717, 1.165) is 13.1 Å². The molecule has 1 aromatic rings. The lowest BCUT2D eigenvalue weighted by molar-refractivity contribution is 0.226. The molecular formula is C11H15NO3S. The van der Waals surface area contributed by atoms with Gasteiger partial charge in [0.25, 0.3) is 10.1 Å². The van der Waals surface area contributed by atoms with Crippen molar-refractivity contribution in [1.82, 2.24) is 4.90 Å². The van der Waals surface area contributed by atoms with E-state index in [4.69, 9.17) is 4.55 Å². The van der Waals surface area contributed by atoms with Crippen molar-refractivity contribution < 1.29 is 13.0 Å². The lowest BCUT2D eigenvalue weighted by Crippen LogP contribution is -2.33. The smallest absolute Gasteiger partial charge is 0.266 e. The van der Waals surface area contributed by atoms with Gasteiger partial charge in [0.1, 0.15) is 0 Å². The van der Waals surface area contributed by atoms with Crippen molar-refractivity contribution in [1.29, 1.82) is 0 Å². The molecule has 0 radical (unpaired) electrons. The van der Waals surface area contributed by atoms with Gasteiger partial charge in [-0.05, 0) is 18.1 Å². The SMILES string of the molecule is CC(CS(=O)(=O)O)N1Cc2ccccc2C1. The number of fused-ring (bicyclic) bond motifs is 1. The fourth-order valence-corrected chi connectivity index (χ4v) is 2.90. The van der Waals surface area contributed by atoms with Crippen molar-refractivity contribution >= 4 is 10.1 Å². The van der Waals surface area contributed by atoms with Gasteiger partial charge in [-0.3, -0.25) is 9.45 Å². The highest BCUT2D eigenvalue weighted by atomic mass is 32.2. The molecule has 16 heavy (non-hydrogen) atoms. The van der Waals surface area contributed by atoms with Crippen molar-refractivity contribution in [2.75, 3.05) is 5.75 Å². The van der Waals surface area contributed by atoms with Crippen molar-refractivity contribution in [2.24, 2.45) is 0 Å². The first-order chi connectivity index (χ1) is 7.46. The molecule has 0 aliphatic carbocycles. The monoisotopic (exact) mass is 241 g/mol. The Hall–Kier alpha value is -0.910. The Balaban J connectivity index is 2.06. The van der Waals surface area contributed by atoms with E-state index in [2.05, 4.69) is 17.0 Å². The summed E-state index contributed by atoms with van der Waals surface area (Å²) in [7, 11) is -3.89. The van der Waals surface area contributed by atoms with Gasteiger partial charge < -0.3 is 0 Å². The molecule has 5 heteroatoms. The third-order valence-corrected chi connectivity index (χ3v) is 3.84. The first-order valence-electron chi connectivity index (χ1n) is 5.22. The van der Waals surface area contributed by atoms with Crippen LogP contribution in [0.4, 0.5) is 0 Å². The molecule has 0 bridgehead atoms. The van der Waals surface area contributed by atoms with Gasteiger partial charge in [-0.25, -0.2) is 0 Å². The topological polar surface area (TPSA) is 57.6 Å². The molecule has 1 N–H and O–H groups in total. The summed E-state index contributed by atoms with van der Waals surface area (Å²) in [5.41, 5.74) is 2.48. The molecule has 1 unspecified atom stereocenters. The predicted octanol–water partition coefficient (Wildman–Crippen LogP) is 1.28. The Morgan fingerprint density at radius 2 is 1.81 bits per heavy atom. The van der Waals surface area contributed by atoms with Crippen LogP contribution in [0, 0.1) is 0 Å². The van der Waals surface area contributed by atoms with Crippen molar-refractivity contribution in [2.45, 2.75) is 26.1 Å². The Morgan fingerprint density at radius 1 is 1.31 bits per heavy atom. The van der Waals surface area contributed by atoms with Gasteiger partial charge in [0, 0.05) is 19.1 Å². The number of rotatable bonds is 3. The summed E-state index contributed by atoms with van der Waals surface area (Å²) in [5.74, 6) is -0.207. The van der Waals surface area contributed by atoms with Crippen LogP contribution in [0.25, 0.3) is 0 Å². The van der Waals surface area contributed by atoms with Gasteiger partial charge in [-0.2, -0.15) is 8.42 Å². The average molecular weight is 241 g/mol. The number of benzene rings is 1. The zero-order chi connectivity index (χ0) is 11.8. The van der Waals surface area contributed by atoms with E-state index in [1.54, 1.807) is 0 Å². The van der Waals surface area contributed by atoms with Gasteiger partial charge in [-0.1, -0.05) is 24.3 Å². The molecule has 0 saturated heterocycles. The second-order valence-electron chi connectivity index (χ2n) is 4.27. The van der Waals surface area contributed by atoms with E-state index in [1.165, 1.54) is 11.1 Å². The Morgan fingerprint density at radius 3 is 2.25 bits per heavy atom. The summed E-state index contributed by atoms with van der Waals surface area (Å²) in [6.07, 6.45) is 0. The third kappa shape index (κ3) is 2.61. The van der Waals surface area contributed by atoms with Crippen LogP contribution in [0.3, 0.4) is 0 Å². The average Bonchev–Trinajstić information content (AvgIpc) is 2.58. The summed E-state index contributed by atoms with van der Waals surface area (Å²) < 4.78 is 30.4. The fourth-order valence-electron chi connectivity index (χ4n) is 2.08. The van der Waals surface area contributed by atoms with E-state index >= 15 is 0 Å². The first kappa shape index (κ1) is 11.6. The minimum absolute atomic E-state index is 0.164. The minimum atomic E-state index is -3.89. The predicted molar refractivity (Wildman–Crippen MR) is 61.6 cm³/mol. The molecule has 0 saturated carbocycles. The number of nitrogens with zero attached hydrogens (tertiary/aromatic N) is 1. The summed E-state index contributed by atoms with van der Waals surface area (Å²) in [5, 5.41) is 0. The maximum Gasteiger partial charge on any atom is 0.266 e. The zero-order valence-corrected chi connectivity index (χ0v) is 9.94. The van der Waals surface area contributed by atoms with Gasteiger partial charge in [0.2, 0.25) is 0 Å². The van der Waals surface area contributed by atoms with Gasteiger partial charge in [0.15, 0.2) is 0 Å². The number of hydrogen-bond acceptors (Lipinski definition) is 3. The van der Waals surface area contributed by atoms with Crippen molar-refractivity contribution in [3.05, 3.63) is 35.4 Å². The van der Waals surface area contributed by atoms with Crippen LogP contribution in [-0.4, -0.2) is 29.7 Å². The van der Waals surface area contributed by atoms with Crippen LogP contribution in [0.15, 0.2) is 24.3 Å². The molecule has 0 fully saturated rings. The molecular weight excluding hydrogens is 226 g/mol. The van der Waals surface area contributed by atoms with E-state index < -0.39 is 10.1 Å². The van der Waals surface area contributed by atoms with Gasteiger partial charge >= 0.3 is 0 Å². The Labute approximate surface area is 95.6 Å². The molecule has 0 amide bonds. The van der Waals surface area contributed by atoms with Gasteiger partial charge in [0.05, 0.1) is 5.75 Å². The number of hydrogen-bond donors (Lipinski definition) is 1. The van der Waals surface area contributed by atoms with Crippen LogP contribution in [-0.2, 0) is 23.2 Å². The second kappa shape index (κ2) is 4.16. The maximum atomic E-state index is 10.8. The van der Waals surface area contributed by atoms with Crippen LogP contribution in [0.5, 0.6) is 0 Å². The van der Waals surface area contributed by atoms with E-state index in [-0.39, 0.29) is 11.8 Å². The molecule has 1 atom stereocenters. The highest BCUT2D eigenvalue weighted by molar-refractivity contribution is 7.85. The summed E-state index contributed by atoms with van der Waals surface area (Å²) in [6.45, 7) is 3.33. The molecule has 1 aliphatic heterocycles. The van der Waals surface area contributed by atoms with E-state index in [9.17, 15) is 8.42 Å². The maximum absolute atomic E-state index is 10.8. The molecule has 88 valence electrons. The molecule has 1 heterocycles. The highest BCUT2D eigenvalue weighted by Gasteiger charge is 2.25. The van der Waals surface area contributed by atoms with Crippen molar-refractivity contribution in [3.8, 4) is 0 Å². The molecule has 2 rings (SSSR count). The molecule has 0 aromatic heterocycles. The molecule has 4 nitrogen and oxygen atoms in total. The lowest BCUT2D eigenvalue weighted by Gasteiger charge is -2.22. The first-order valence-corrected chi connectivity index (χ1v) is 6.82. The highest BCUT2D eigenvalue weighted by Crippen LogP contribution is 2.24. The van der Waals surface area contributed by atoms with Crippen LogP contribution >= 0.6 is 0 Å².